The number of nitriles is 2. The van der Waals surface area contributed by atoms with Crippen LogP contribution in [0, 0.1) is 22.7 Å². The number of nitrogens with one attached hydrogen (secondary N) is 1. The average molecular weight is 359 g/mol. The summed E-state index contributed by atoms with van der Waals surface area (Å²) < 4.78 is 5.72. The van der Waals surface area contributed by atoms with Gasteiger partial charge >= 0.3 is 0 Å². The quantitative estimate of drug-likeness (QED) is 0.599. The van der Waals surface area contributed by atoms with E-state index in [2.05, 4.69) is 11.4 Å². The van der Waals surface area contributed by atoms with Gasteiger partial charge in [-0.05, 0) is 43.2 Å². The molecule has 0 saturated carbocycles. The summed E-state index contributed by atoms with van der Waals surface area (Å²) in [6, 6.07) is 18.5. The number of hydrogen-bond acceptors (Lipinski definition) is 4. The maximum atomic E-state index is 12.1. The molecule has 0 heterocycles. The van der Waals surface area contributed by atoms with Crippen molar-refractivity contribution in [3.63, 3.8) is 0 Å². The van der Waals surface area contributed by atoms with Gasteiger partial charge in [-0.2, -0.15) is 10.5 Å². The van der Waals surface area contributed by atoms with Gasteiger partial charge in [0.25, 0.3) is 5.91 Å². The molecule has 136 valence electrons. The van der Waals surface area contributed by atoms with E-state index in [0.29, 0.717) is 17.9 Å². The molecule has 1 N–H and O–H groups in total. The molecule has 0 radical (unpaired) electrons. The van der Waals surface area contributed by atoms with Crippen LogP contribution >= 0.6 is 0 Å². The zero-order chi connectivity index (χ0) is 19.6. The van der Waals surface area contributed by atoms with Crippen molar-refractivity contribution in [3.05, 3.63) is 70.8 Å². The van der Waals surface area contributed by atoms with Crippen LogP contribution in [-0.4, -0.2) is 11.9 Å². The van der Waals surface area contributed by atoms with Crippen LogP contribution in [0.1, 0.15) is 37.0 Å². The normalized spacial score (nSPS) is 11.8. The van der Waals surface area contributed by atoms with E-state index in [1.807, 2.05) is 38.1 Å². The molecule has 0 unspecified atom stereocenters. The lowest BCUT2D eigenvalue weighted by atomic mass is 10.1. The number of amides is 1. The third kappa shape index (κ3) is 5.73. The minimum Gasteiger partial charge on any atom is -0.489 e. The van der Waals surface area contributed by atoms with Crippen molar-refractivity contribution < 1.29 is 9.53 Å². The van der Waals surface area contributed by atoms with Gasteiger partial charge in [0, 0.05) is 11.6 Å². The highest BCUT2D eigenvalue weighted by Gasteiger charge is 2.11. The van der Waals surface area contributed by atoms with Crippen molar-refractivity contribution >= 4 is 12.0 Å². The molecule has 1 atom stereocenters. The molecule has 0 saturated heterocycles. The van der Waals surface area contributed by atoms with Crippen LogP contribution in [0.25, 0.3) is 6.08 Å². The monoisotopic (exact) mass is 359 g/mol. The first-order valence-electron chi connectivity index (χ1n) is 8.71. The molecule has 5 heteroatoms. The standard InChI is InChI=1S/C22H21N3O2/c1-3-16(2)25-22(26)20(14-24)12-17-8-10-21(11-9-17)27-15-19-7-5-4-6-18(19)13-23/h4-12,16H,3,15H2,1-2H3,(H,25,26)/b20-12+/t16-/m0/s1. The zero-order valence-electron chi connectivity index (χ0n) is 15.4. The number of ether oxygens (including phenoxy) is 1. The largest absolute Gasteiger partial charge is 0.489 e. The maximum absolute atomic E-state index is 12.1. The van der Waals surface area contributed by atoms with Crippen molar-refractivity contribution in [1.29, 1.82) is 10.5 Å². The molecule has 0 aromatic heterocycles. The maximum Gasteiger partial charge on any atom is 0.262 e. The van der Waals surface area contributed by atoms with E-state index in [1.165, 1.54) is 0 Å². The molecular formula is C22H21N3O2. The molecule has 2 aromatic carbocycles. The molecule has 0 spiro atoms. The zero-order valence-corrected chi connectivity index (χ0v) is 15.4. The first-order chi connectivity index (χ1) is 13.1. The Kier molecular flexibility index (Phi) is 7.16. The molecule has 0 aliphatic carbocycles. The molecule has 2 rings (SSSR count). The van der Waals surface area contributed by atoms with Crippen LogP contribution in [0.5, 0.6) is 5.75 Å². The Morgan fingerprint density at radius 2 is 1.89 bits per heavy atom. The van der Waals surface area contributed by atoms with E-state index in [1.54, 1.807) is 36.4 Å². The van der Waals surface area contributed by atoms with E-state index in [4.69, 9.17) is 10.00 Å². The molecule has 5 nitrogen and oxygen atoms in total. The van der Waals surface area contributed by atoms with Crippen LogP contribution < -0.4 is 10.1 Å². The molecule has 1 amide bonds. The number of nitrogens with zero attached hydrogens (tertiary/aromatic N) is 2. The summed E-state index contributed by atoms with van der Waals surface area (Å²) in [7, 11) is 0. The van der Waals surface area contributed by atoms with Gasteiger partial charge in [-0.25, -0.2) is 0 Å². The van der Waals surface area contributed by atoms with Gasteiger partial charge < -0.3 is 10.1 Å². The van der Waals surface area contributed by atoms with Crippen LogP contribution in [0.2, 0.25) is 0 Å². The summed E-state index contributed by atoms with van der Waals surface area (Å²) >= 11 is 0. The Bertz CT molecular complexity index is 902. The summed E-state index contributed by atoms with van der Waals surface area (Å²) in [5, 5.41) is 21.1. The fourth-order valence-corrected chi connectivity index (χ4v) is 2.30. The summed E-state index contributed by atoms with van der Waals surface area (Å²) in [6.45, 7) is 4.15. The predicted octanol–water partition coefficient (Wildman–Crippen LogP) is 3.96. The highest BCUT2D eigenvalue weighted by Crippen LogP contribution is 2.17. The average Bonchev–Trinajstić information content (AvgIpc) is 2.71. The van der Waals surface area contributed by atoms with E-state index < -0.39 is 0 Å². The highest BCUT2D eigenvalue weighted by molar-refractivity contribution is 6.01. The van der Waals surface area contributed by atoms with Crippen molar-refractivity contribution in [2.75, 3.05) is 0 Å². The van der Waals surface area contributed by atoms with Crippen molar-refractivity contribution in [2.45, 2.75) is 32.9 Å². The lowest BCUT2D eigenvalue weighted by molar-refractivity contribution is -0.117. The second kappa shape index (κ2) is 9.79. The van der Waals surface area contributed by atoms with Gasteiger partial charge in [0.15, 0.2) is 0 Å². The highest BCUT2D eigenvalue weighted by atomic mass is 16.5. The number of benzene rings is 2. The minimum absolute atomic E-state index is 0.0151. The van der Waals surface area contributed by atoms with E-state index in [0.717, 1.165) is 17.5 Å². The fraction of sp³-hybridized carbons (Fsp3) is 0.227. The van der Waals surface area contributed by atoms with Gasteiger partial charge in [0.05, 0.1) is 11.6 Å². The smallest absolute Gasteiger partial charge is 0.262 e. The summed E-state index contributed by atoms with van der Waals surface area (Å²) in [5.74, 6) is 0.266. The van der Waals surface area contributed by atoms with Crippen molar-refractivity contribution in [3.8, 4) is 17.9 Å². The number of carbonyl (C=O) groups excluding carboxylic acids is 1. The lowest BCUT2D eigenvalue weighted by Gasteiger charge is -2.10. The van der Waals surface area contributed by atoms with Gasteiger partial charge in [-0.15, -0.1) is 0 Å². The van der Waals surface area contributed by atoms with Gasteiger partial charge in [-0.1, -0.05) is 37.3 Å². The second-order valence-electron chi connectivity index (χ2n) is 6.08. The number of hydrogen-bond donors (Lipinski definition) is 1. The van der Waals surface area contributed by atoms with Gasteiger partial charge in [0.1, 0.15) is 24.0 Å². The van der Waals surface area contributed by atoms with Gasteiger partial charge in [-0.3, -0.25) is 4.79 Å². The van der Waals surface area contributed by atoms with Crippen LogP contribution in [-0.2, 0) is 11.4 Å². The first-order valence-corrected chi connectivity index (χ1v) is 8.71. The minimum atomic E-state index is -0.375. The van der Waals surface area contributed by atoms with Crippen LogP contribution in [0.3, 0.4) is 0 Å². The molecule has 27 heavy (non-hydrogen) atoms. The molecular weight excluding hydrogens is 338 g/mol. The number of carbonyl (C=O) groups is 1. The Hall–Kier alpha value is -3.57. The third-order valence-corrected chi connectivity index (χ3v) is 4.08. The Labute approximate surface area is 159 Å². The van der Waals surface area contributed by atoms with Crippen LogP contribution in [0.4, 0.5) is 0 Å². The Morgan fingerprint density at radius 3 is 2.52 bits per heavy atom. The van der Waals surface area contributed by atoms with Crippen molar-refractivity contribution in [1.82, 2.24) is 5.32 Å². The number of rotatable bonds is 7. The van der Waals surface area contributed by atoms with Gasteiger partial charge in [0.2, 0.25) is 0 Å². The van der Waals surface area contributed by atoms with Crippen molar-refractivity contribution in [2.24, 2.45) is 0 Å². The summed E-state index contributed by atoms with van der Waals surface area (Å²) in [5.41, 5.74) is 2.20. The molecule has 0 bridgehead atoms. The second-order valence-corrected chi connectivity index (χ2v) is 6.08. The third-order valence-electron chi connectivity index (χ3n) is 4.08. The van der Waals surface area contributed by atoms with E-state index >= 15 is 0 Å². The Morgan fingerprint density at radius 1 is 1.19 bits per heavy atom. The SMILES string of the molecule is CC[C@H](C)NC(=O)/C(C#N)=C/c1ccc(OCc2ccccc2C#N)cc1. The van der Waals surface area contributed by atoms with Crippen LogP contribution in [0.15, 0.2) is 54.1 Å². The molecule has 2 aromatic rings. The fourth-order valence-electron chi connectivity index (χ4n) is 2.30. The summed E-state index contributed by atoms with van der Waals surface area (Å²) in [6.07, 6.45) is 2.35. The predicted molar refractivity (Wildman–Crippen MR) is 103 cm³/mol. The lowest BCUT2D eigenvalue weighted by Crippen LogP contribution is -2.32. The molecule has 0 aliphatic rings. The molecule has 0 aliphatic heterocycles. The van der Waals surface area contributed by atoms with E-state index in [9.17, 15) is 10.1 Å². The Balaban J connectivity index is 2.05. The summed E-state index contributed by atoms with van der Waals surface area (Å²) in [4.78, 5) is 12.1. The topological polar surface area (TPSA) is 85.9 Å². The first kappa shape index (κ1) is 19.8. The van der Waals surface area contributed by atoms with E-state index in [-0.39, 0.29) is 17.5 Å². The molecule has 0 fully saturated rings.